The molecule has 278 valence electrons. The van der Waals surface area contributed by atoms with Crippen molar-refractivity contribution in [2.45, 2.75) is 102 Å². The quantitative estimate of drug-likeness (QED) is 0.0976. The lowest BCUT2D eigenvalue weighted by molar-refractivity contribution is -0.296. The SMILES string of the molecule is COC(=O)[C@]12OC[C@]34[C@H]([C@@H](O)[C@@H]1O)[C@@]1(C)C=C(O[C@@H]5O[C@H](CO)[C@@H](O)[C@H](O)[C@H]5O)C(=O)[C@@H](C)[C@@H]1C[C@H]3OC(=O)[C@H](OC(=O)/C=C(\C)C(C)C)[C@@H]24. The number of fused-ring (bicyclic) bond motifs is 2. The van der Waals surface area contributed by atoms with E-state index >= 15 is 0 Å². The second-order valence-electron chi connectivity index (χ2n) is 15.1. The molecule has 3 saturated heterocycles. The number of ether oxygens (including phenoxy) is 6. The number of ketones is 1. The smallest absolute Gasteiger partial charge is 0.348 e. The first-order valence-electron chi connectivity index (χ1n) is 16.8. The maximum absolute atomic E-state index is 13.8. The Morgan fingerprint density at radius 2 is 1.74 bits per heavy atom. The maximum atomic E-state index is 13.8. The number of aliphatic hydroxyl groups is 6. The molecule has 3 heterocycles. The highest BCUT2D eigenvalue weighted by molar-refractivity contribution is 5.97. The third-order valence-corrected chi connectivity index (χ3v) is 12.4. The standard InChI is InChI=1S/C34H46O16/c1-12(2)13(3)7-19(36)50-25-27-33-11-46-34(27,31(44)45-6)28(42)24(41)26(33)32(5)9-16(20(37)14(4)15(32)8-18(33)49-29(25)43)47-30-23(40)22(39)21(38)17(10-35)48-30/h7,9,12,14-15,17-18,21-28,30,35,38-42H,8,10-11H2,1-6H3/b13-7+/t14-,15-,17+,18+,21+,22-,23+,24+,25+,26+,27+,28-,30+,32-,33+,34+/m0/s1. The summed E-state index contributed by atoms with van der Waals surface area (Å²) in [4.78, 5) is 54.5. The zero-order valence-corrected chi connectivity index (χ0v) is 28.6. The second-order valence-corrected chi connectivity index (χ2v) is 15.1. The van der Waals surface area contributed by atoms with Gasteiger partial charge < -0.3 is 59.1 Å². The lowest BCUT2D eigenvalue weighted by Gasteiger charge is -2.67. The normalized spacial score (nSPS) is 48.2. The molecule has 50 heavy (non-hydrogen) atoms. The molecule has 16 heteroatoms. The number of allylic oxidation sites excluding steroid dienone is 3. The van der Waals surface area contributed by atoms with Crippen LogP contribution in [0.4, 0.5) is 0 Å². The Morgan fingerprint density at radius 3 is 2.36 bits per heavy atom. The molecule has 5 fully saturated rings. The van der Waals surface area contributed by atoms with Gasteiger partial charge in [-0.15, -0.1) is 0 Å². The van der Waals surface area contributed by atoms with Gasteiger partial charge in [-0.25, -0.2) is 14.4 Å². The number of carbonyl (C=O) groups excluding carboxylic acids is 4. The molecule has 0 radical (unpaired) electrons. The predicted octanol–water partition coefficient (Wildman–Crippen LogP) is -1.73. The van der Waals surface area contributed by atoms with Crippen LogP contribution in [0.1, 0.15) is 41.0 Å². The molecule has 0 unspecified atom stereocenters. The molecule has 0 aromatic heterocycles. The van der Waals surface area contributed by atoms with Crippen LogP contribution in [0.3, 0.4) is 0 Å². The molecule has 2 saturated carbocycles. The van der Waals surface area contributed by atoms with Crippen LogP contribution in [0.5, 0.6) is 0 Å². The molecule has 1 spiro atoms. The summed E-state index contributed by atoms with van der Waals surface area (Å²) in [7, 11) is 1.06. The van der Waals surface area contributed by atoms with E-state index in [1.165, 1.54) is 12.2 Å². The average molecular weight is 711 g/mol. The van der Waals surface area contributed by atoms with E-state index < -0.39 is 126 Å². The summed E-state index contributed by atoms with van der Waals surface area (Å²) in [6.45, 7) is 7.69. The van der Waals surface area contributed by atoms with E-state index in [0.717, 1.165) is 7.11 Å². The molecule has 16 nitrogen and oxygen atoms in total. The molecular weight excluding hydrogens is 664 g/mol. The molecule has 3 aliphatic carbocycles. The number of methoxy groups -OCH3 is 1. The monoisotopic (exact) mass is 710 g/mol. The first-order chi connectivity index (χ1) is 23.4. The number of carbonyl (C=O) groups is 4. The molecule has 0 aromatic carbocycles. The van der Waals surface area contributed by atoms with Crippen molar-refractivity contribution in [1.29, 1.82) is 0 Å². The maximum Gasteiger partial charge on any atom is 0.348 e. The van der Waals surface area contributed by atoms with Crippen LogP contribution >= 0.6 is 0 Å². The predicted molar refractivity (Wildman–Crippen MR) is 164 cm³/mol. The van der Waals surface area contributed by atoms with E-state index in [4.69, 9.17) is 28.4 Å². The Hall–Kier alpha value is -2.96. The third kappa shape index (κ3) is 4.94. The number of hydrogen-bond donors (Lipinski definition) is 6. The Kier molecular flexibility index (Phi) is 9.29. The molecule has 0 amide bonds. The van der Waals surface area contributed by atoms with Gasteiger partial charge in [-0.3, -0.25) is 4.79 Å². The minimum atomic E-state index is -2.34. The number of hydrogen-bond acceptors (Lipinski definition) is 16. The largest absolute Gasteiger partial charge is 0.467 e. The van der Waals surface area contributed by atoms with Crippen LogP contribution in [-0.4, -0.2) is 135 Å². The Morgan fingerprint density at radius 1 is 1.06 bits per heavy atom. The van der Waals surface area contributed by atoms with Crippen molar-refractivity contribution in [1.82, 2.24) is 0 Å². The van der Waals surface area contributed by atoms with Gasteiger partial charge in [-0.1, -0.05) is 33.3 Å². The molecule has 3 aliphatic heterocycles. The van der Waals surface area contributed by atoms with Gasteiger partial charge in [0, 0.05) is 23.3 Å². The Labute approximate surface area is 287 Å². The molecule has 6 aliphatic rings. The van der Waals surface area contributed by atoms with Gasteiger partial charge in [-0.2, -0.15) is 0 Å². The second kappa shape index (κ2) is 12.6. The topological polar surface area (TPSA) is 245 Å². The number of rotatable bonds is 7. The van der Waals surface area contributed by atoms with Crippen molar-refractivity contribution in [2.75, 3.05) is 20.3 Å². The van der Waals surface area contributed by atoms with Crippen LogP contribution in [0.15, 0.2) is 23.5 Å². The molecule has 0 aromatic rings. The van der Waals surface area contributed by atoms with E-state index in [2.05, 4.69) is 0 Å². The van der Waals surface area contributed by atoms with Gasteiger partial charge in [0.25, 0.3) is 0 Å². The molecule has 2 bridgehead atoms. The third-order valence-electron chi connectivity index (χ3n) is 12.4. The fourth-order valence-electron chi connectivity index (χ4n) is 9.69. The Bertz CT molecular complexity index is 1490. The fourth-order valence-corrected chi connectivity index (χ4v) is 9.69. The van der Waals surface area contributed by atoms with E-state index in [-0.39, 0.29) is 24.7 Å². The summed E-state index contributed by atoms with van der Waals surface area (Å²) >= 11 is 0. The highest BCUT2D eigenvalue weighted by atomic mass is 16.7. The number of Topliss-reactive ketones (excluding diaryl/α,β-unsaturated/α-hetero) is 1. The number of esters is 3. The minimum absolute atomic E-state index is 0.0294. The van der Waals surface area contributed by atoms with Gasteiger partial charge in [0.15, 0.2) is 11.5 Å². The lowest BCUT2D eigenvalue weighted by atomic mass is 9.38. The van der Waals surface area contributed by atoms with Gasteiger partial charge in [-0.05, 0) is 36.7 Å². The van der Waals surface area contributed by atoms with Crippen molar-refractivity contribution >= 4 is 23.7 Å². The Balaban J connectivity index is 1.47. The molecular formula is C34H46O16. The molecule has 6 N–H and O–H groups in total. The van der Waals surface area contributed by atoms with E-state index in [0.29, 0.717) is 5.57 Å². The average Bonchev–Trinajstić information content (AvgIpc) is 3.38. The number of aliphatic hydroxyl groups excluding tert-OH is 6. The van der Waals surface area contributed by atoms with Gasteiger partial charge >= 0.3 is 17.9 Å². The first kappa shape index (κ1) is 36.8. The van der Waals surface area contributed by atoms with Gasteiger partial charge in [0.05, 0.1) is 32.3 Å². The van der Waals surface area contributed by atoms with Crippen molar-refractivity contribution in [3.05, 3.63) is 23.5 Å². The summed E-state index contributed by atoms with van der Waals surface area (Å²) in [6.07, 6.45) is -12.2. The fraction of sp³-hybridized carbons (Fsp3) is 0.765. The van der Waals surface area contributed by atoms with E-state index in [1.54, 1.807) is 20.8 Å². The minimum Gasteiger partial charge on any atom is -0.467 e. The summed E-state index contributed by atoms with van der Waals surface area (Å²) in [5, 5.41) is 64.8. The zero-order valence-electron chi connectivity index (χ0n) is 28.6. The summed E-state index contributed by atoms with van der Waals surface area (Å²) < 4.78 is 34.4. The van der Waals surface area contributed by atoms with Crippen LogP contribution in [0.25, 0.3) is 0 Å². The zero-order chi connectivity index (χ0) is 36.8. The molecule has 6 rings (SSSR count). The van der Waals surface area contributed by atoms with Crippen molar-refractivity contribution < 1.29 is 78.2 Å². The lowest BCUT2D eigenvalue weighted by Crippen LogP contribution is -2.79. The summed E-state index contributed by atoms with van der Waals surface area (Å²) in [6, 6.07) is 0. The van der Waals surface area contributed by atoms with Crippen LogP contribution in [0, 0.1) is 40.4 Å². The molecule has 16 atom stereocenters. The van der Waals surface area contributed by atoms with Crippen molar-refractivity contribution in [3.8, 4) is 0 Å². The first-order valence-corrected chi connectivity index (χ1v) is 16.8. The summed E-state index contributed by atoms with van der Waals surface area (Å²) in [5.41, 5.74) is -4.45. The van der Waals surface area contributed by atoms with Crippen LogP contribution in [0.2, 0.25) is 0 Å². The van der Waals surface area contributed by atoms with Crippen LogP contribution in [-0.2, 0) is 47.6 Å². The van der Waals surface area contributed by atoms with E-state index in [9.17, 15) is 49.8 Å². The van der Waals surface area contributed by atoms with Gasteiger partial charge in [0.2, 0.25) is 18.0 Å². The van der Waals surface area contributed by atoms with Crippen molar-refractivity contribution in [3.63, 3.8) is 0 Å². The van der Waals surface area contributed by atoms with Crippen LogP contribution < -0.4 is 0 Å². The van der Waals surface area contributed by atoms with E-state index in [1.807, 2.05) is 13.8 Å². The van der Waals surface area contributed by atoms with Crippen molar-refractivity contribution in [2.24, 2.45) is 40.4 Å². The van der Waals surface area contributed by atoms with Gasteiger partial charge in [0.1, 0.15) is 36.6 Å². The summed E-state index contributed by atoms with van der Waals surface area (Å²) in [5.74, 6) is -7.88. The highest BCUT2D eigenvalue weighted by Crippen LogP contribution is 2.72. The highest BCUT2D eigenvalue weighted by Gasteiger charge is 2.85.